The molecule has 0 radical (unpaired) electrons. The van der Waals surface area contributed by atoms with Crippen LogP contribution in [-0.4, -0.2) is 14.3 Å². The maximum atomic E-state index is 12.0. The fraction of sp³-hybridized carbons (Fsp3) is 0.333. The zero-order valence-corrected chi connectivity index (χ0v) is 14.4. The molecule has 0 aliphatic rings. The Labute approximate surface area is 132 Å². The lowest BCUT2D eigenvalue weighted by Gasteiger charge is -2.08. The van der Waals surface area contributed by atoms with Crippen LogP contribution in [0.5, 0.6) is 0 Å². The summed E-state index contributed by atoms with van der Waals surface area (Å²) in [4.78, 5) is 12.0. The number of hydrogen-bond acceptors (Lipinski definition) is 2. The molecule has 0 aromatic carbocycles. The smallest absolute Gasteiger partial charge is 0.265 e. The summed E-state index contributed by atoms with van der Waals surface area (Å²) in [7, 11) is 1.83. The van der Waals surface area contributed by atoms with E-state index in [9.17, 15) is 4.79 Å². The van der Waals surface area contributed by atoms with Crippen molar-refractivity contribution in [3.05, 3.63) is 48.0 Å². The Bertz CT molecular complexity index is 678. The molecular weight excluding hydrogens is 397 g/mol. The Morgan fingerprint density at radius 1 is 1.42 bits per heavy atom. The fourth-order valence-electron chi connectivity index (χ4n) is 1.84. The molecule has 0 N–H and O–H groups in total. The molecule has 7 heteroatoms. The van der Waals surface area contributed by atoms with E-state index in [1.165, 1.54) is 0 Å². The lowest BCUT2D eigenvalue weighted by Crippen LogP contribution is -2.22. The largest absolute Gasteiger partial charge is 0.307 e. The summed E-state index contributed by atoms with van der Waals surface area (Å²) in [5, 5.41) is 4.98. The first-order chi connectivity index (χ1) is 8.93. The quantitative estimate of drug-likeness (QED) is 0.780. The van der Waals surface area contributed by atoms with E-state index in [2.05, 4.69) is 37.0 Å². The van der Waals surface area contributed by atoms with Crippen molar-refractivity contribution in [2.24, 2.45) is 7.05 Å². The average molecular weight is 410 g/mol. The molecule has 2 aromatic rings. The van der Waals surface area contributed by atoms with Crippen LogP contribution in [0.1, 0.15) is 18.3 Å². The van der Waals surface area contributed by atoms with Crippen molar-refractivity contribution < 1.29 is 0 Å². The number of aromatic nitrogens is 3. The molecule has 2 heterocycles. The second kappa shape index (κ2) is 5.81. The number of hydrogen-bond donors (Lipinski definition) is 0. The molecule has 0 unspecified atom stereocenters. The van der Waals surface area contributed by atoms with Crippen molar-refractivity contribution in [3.63, 3.8) is 0 Å². The predicted octanol–water partition coefficient (Wildman–Crippen LogP) is 3.37. The van der Waals surface area contributed by atoms with E-state index in [4.69, 9.17) is 11.6 Å². The first-order valence-electron chi connectivity index (χ1n) is 5.69. The highest BCUT2D eigenvalue weighted by molar-refractivity contribution is 9.11. The highest BCUT2D eigenvalue weighted by Gasteiger charge is 2.14. The van der Waals surface area contributed by atoms with Gasteiger partial charge in [0.15, 0.2) is 0 Å². The molecule has 4 nitrogen and oxygen atoms in total. The highest BCUT2D eigenvalue weighted by Crippen LogP contribution is 2.22. The van der Waals surface area contributed by atoms with Crippen molar-refractivity contribution >= 4 is 43.5 Å². The fourth-order valence-corrected chi connectivity index (χ4v) is 3.45. The first-order valence-corrected chi connectivity index (χ1v) is 7.66. The summed E-state index contributed by atoms with van der Waals surface area (Å²) >= 11 is 12.9. The maximum absolute atomic E-state index is 12.0. The molecule has 0 fully saturated rings. The Morgan fingerprint density at radius 3 is 2.68 bits per heavy atom. The van der Waals surface area contributed by atoms with Gasteiger partial charge in [-0.15, -0.1) is 0 Å². The van der Waals surface area contributed by atoms with Gasteiger partial charge in [0.25, 0.3) is 5.56 Å². The van der Waals surface area contributed by atoms with Gasteiger partial charge in [-0.25, -0.2) is 0 Å². The molecule has 2 rings (SSSR count). The topological polar surface area (TPSA) is 39.8 Å². The van der Waals surface area contributed by atoms with Gasteiger partial charge in [0.2, 0.25) is 0 Å². The maximum Gasteiger partial charge on any atom is 0.265 e. The van der Waals surface area contributed by atoms with Crippen LogP contribution in [0.25, 0.3) is 0 Å². The average Bonchev–Trinajstić information content (AvgIpc) is 2.62. The van der Waals surface area contributed by atoms with Gasteiger partial charge in [-0.3, -0.25) is 9.48 Å². The normalized spacial score (nSPS) is 11.0. The first kappa shape index (κ1) is 14.8. The third-order valence-corrected chi connectivity index (χ3v) is 4.27. The van der Waals surface area contributed by atoms with Crippen LogP contribution in [0.15, 0.2) is 26.0 Å². The number of nitrogens with zero attached hydrogens (tertiary/aromatic N) is 3. The monoisotopic (exact) mass is 407 g/mol. The minimum Gasteiger partial charge on any atom is -0.307 e. The molecule has 19 heavy (non-hydrogen) atoms. The predicted molar refractivity (Wildman–Crippen MR) is 82.8 cm³/mol. The van der Waals surface area contributed by atoms with Gasteiger partial charge in [-0.05, 0) is 44.3 Å². The molecule has 0 saturated carbocycles. The highest BCUT2D eigenvalue weighted by atomic mass is 79.9. The summed E-state index contributed by atoms with van der Waals surface area (Å²) in [6, 6.07) is 1.72. The van der Waals surface area contributed by atoms with Crippen LogP contribution in [0.3, 0.4) is 0 Å². The van der Waals surface area contributed by atoms with Crippen LogP contribution in [0.2, 0.25) is 5.02 Å². The Hall–Kier alpha value is -0.590. The molecule has 102 valence electrons. The van der Waals surface area contributed by atoms with Gasteiger partial charge in [0.05, 0.1) is 27.4 Å². The lowest BCUT2D eigenvalue weighted by molar-refractivity contribution is 0.647. The minimum absolute atomic E-state index is 0.0986. The number of halogens is 3. The molecule has 0 bridgehead atoms. The molecule has 0 atom stereocenters. The van der Waals surface area contributed by atoms with Crippen molar-refractivity contribution in [3.8, 4) is 0 Å². The molecule has 0 aliphatic heterocycles. The van der Waals surface area contributed by atoms with E-state index in [1.54, 1.807) is 21.5 Å². The number of aryl methyl sites for hydroxylation is 2. The zero-order valence-electron chi connectivity index (χ0n) is 10.5. The van der Waals surface area contributed by atoms with Crippen molar-refractivity contribution in [2.45, 2.75) is 19.9 Å². The van der Waals surface area contributed by atoms with Gasteiger partial charge in [0, 0.05) is 17.7 Å². The molecule has 0 aliphatic carbocycles. The minimum atomic E-state index is -0.0986. The van der Waals surface area contributed by atoms with Crippen LogP contribution >= 0.6 is 43.5 Å². The standard InChI is InChI=1S/C12H12Br2ClN3O/c1-3-9-11(15)10(17(2)16-9)6-18-5-7(13)4-8(14)12(18)19/h4-5H,3,6H2,1-2H3. The summed E-state index contributed by atoms with van der Waals surface area (Å²) < 4.78 is 4.66. The van der Waals surface area contributed by atoms with E-state index in [0.29, 0.717) is 16.0 Å². The van der Waals surface area contributed by atoms with E-state index in [0.717, 1.165) is 22.3 Å². The van der Waals surface area contributed by atoms with Gasteiger partial charge in [0.1, 0.15) is 0 Å². The third-order valence-electron chi connectivity index (χ3n) is 2.83. The molecule has 0 amide bonds. The molecular formula is C12H12Br2ClN3O. The SMILES string of the molecule is CCc1nn(C)c(Cn2cc(Br)cc(Br)c2=O)c1Cl. The van der Waals surface area contributed by atoms with Gasteiger partial charge in [-0.2, -0.15) is 5.10 Å². The summed E-state index contributed by atoms with van der Waals surface area (Å²) in [5.74, 6) is 0. The van der Waals surface area contributed by atoms with Gasteiger partial charge >= 0.3 is 0 Å². The third kappa shape index (κ3) is 2.95. The van der Waals surface area contributed by atoms with Crippen molar-refractivity contribution in [1.82, 2.24) is 14.3 Å². The van der Waals surface area contributed by atoms with Gasteiger partial charge < -0.3 is 4.57 Å². The van der Waals surface area contributed by atoms with Crippen LogP contribution < -0.4 is 5.56 Å². The van der Waals surface area contributed by atoms with E-state index in [1.807, 2.05) is 14.0 Å². The number of rotatable bonds is 3. The summed E-state index contributed by atoms with van der Waals surface area (Å²) in [5.41, 5.74) is 1.57. The number of pyridine rings is 1. The second-order valence-corrected chi connectivity index (χ2v) is 6.27. The molecule has 2 aromatic heterocycles. The van der Waals surface area contributed by atoms with E-state index >= 15 is 0 Å². The Balaban J connectivity index is 2.48. The summed E-state index contributed by atoms with van der Waals surface area (Å²) in [6.07, 6.45) is 2.51. The Morgan fingerprint density at radius 2 is 2.11 bits per heavy atom. The van der Waals surface area contributed by atoms with Crippen LogP contribution in [0, 0.1) is 0 Å². The second-order valence-electron chi connectivity index (χ2n) is 4.12. The molecule has 0 saturated heterocycles. The van der Waals surface area contributed by atoms with E-state index < -0.39 is 0 Å². The van der Waals surface area contributed by atoms with Crippen LogP contribution in [-0.2, 0) is 20.0 Å². The van der Waals surface area contributed by atoms with Crippen molar-refractivity contribution in [2.75, 3.05) is 0 Å². The van der Waals surface area contributed by atoms with Crippen molar-refractivity contribution in [1.29, 1.82) is 0 Å². The summed E-state index contributed by atoms with van der Waals surface area (Å²) in [6.45, 7) is 2.39. The van der Waals surface area contributed by atoms with E-state index in [-0.39, 0.29) is 5.56 Å². The van der Waals surface area contributed by atoms with Crippen LogP contribution in [0.4, 0.5) is 0 Å². The Kier molecular flexibility index (Phi) is 4.53. The van der Waals surface area contributed by atoms with Gasteiger partial charge in [-0.1, -0.05) is 18.5 Å². The lowest BCUT2D eigenvalue weighted by atomic mass is 10.3. The molecule has 0 spiro atoms. The zero-order chi connectivity index (χ0) is 14.2.